The molecule has 1 fully saturated rings. The van der Waals surface area contributed by atoms with Crippen LogP contribution in [0.1, 0.15) is 18.7 Å². The lowest BCUT2D eigenvalue weighted by Crippen LogP contribution is -1.96. The maximum absolute atomic E-state index is 5.13. The van der Waals surface area contributed by atoms with Gasteiger partial charge in [-0.05, 0) is 6.92 Å². The molecular formula is C7H10N2O. The van der Waals surface area contributed by atoms with Crippen LogP contribution in [0.25, 0.3) is 0 Å². The van der Waals surface area contributed by atoms with Crippen molar-refractivity contribution in [3.05, 3.63) is 18.2 Å². The molecular weight excluding hydrogens is 128 g/mol. The number of ether oxygens (including phenoxy) is 1. The van der Waals surface area contributed by atoms with E-state index in [4.69, 9.17) is 4.74 Å². The molecule has 1 saturated heterocycles. The molecule has 54 valence electrons. The van der Waals surface area contributed by atoms with Crippen molar-refractivity contribution in [1.82, 2.24) is 9.55 Å². The van der Waals surface area contributed by atoms with Crippen molar-refractivity contribution in [1.29, 1.82) is 0 Å². The molecule has 1 atom stereocenters. The molecule has 1 unspecified atom stereocenters. The van der Waals surface area contributed by atoms with Gasteiger partial charge in [-0.3, -0.25) is 0 Å². The summed E-state index contributed by atoms with van der Waals surface area (Å²) in [5.41, 5.74) is 1.21. The van der Waals surface area contributed by atoms with Crippen LogP contribution in [-0.2, 0) is 11.3 Å². The molecule has 0 radical (unpaired) electrons. The Morgan fingerprint density at radius 3 is 3.30 bits per heavy atom. The van der Waals surface area contributed by atoms with Crippen LogP contribution >= 0.6 is 0 Å². The molecule has 0 spiro atoms. The molecule has 3 heteroatoms. The molecule has 2 heterocycles. The highest BCUT2D eigenvalue weighted by Gasteiger charge is 2.27. The molecule has 0 N–H and O–H groups in total. The van der Waals surface area contributed by atoms with E-state index in [0.717, 1.165) is 13.2 Å². The minimum atomic E-state index is 0.336. The topological polar surface area (TPSA) is 30.4 Å². The fourth-order valence-electron chi connectivity index (χ4n) is 1.08. The first-order valence-corrected chi connectivity index (χ1v) is 3.53. The summed E-state index contributed by atoms with van der Waals surface area (Å²) in [4.78, 5) is 4.04. The summed E-state index contributed by atoms with van der Waals surface area (Å²) in [5.74, 6) is 0. The lowest BCUT2D eigenvalue weighted by molar-refractivity contribution is 0.404. The van der Waals surface area contributed by atoms with Crippen molar-refractivity contribution < 1.29 is 4.74 Å². The second-order valence-corrected chi connectivity index (χ2v) is 2.43. The van der Waals surface area contributed by atoms with Gasteiger partial charge in [0.05, 0.1) is 24.8 Å². The molecule has 0 aromatic carbocycles. The van der Waals surface area contributed by atoms with Crippen molar-refractivity contribution in [3.8, 4) is 0 Å². The Balaban J connectivity index is 2.28. The summed E-state index contributed by atoms with van der Waals surface area (Å²) >= 11 is 0. The van der Waals surface area contributed by atoms with Crippen molar-refractivity contribution in [2.75, 3.05) is 6.61 Å². The van der Waals surface area contributed by atoms with E-state index in [0.29, 0.717) is 6.10 Å². The molecule has 10 heavy (non-hydrogen) atoms. The zero-order valence-electron chi connectivity index (χ0n) is 5.95. The number of imidazole rings is 1. The third-order valence-electron chi connectivity index (χ3n) is 1.75. The predicted molar refractivity (Wildman–Crippen MR) is 36.6 cm³/mol. The van der Waals surface area contributed by atoms with Crippen molar-refractivity contribution >= 4 is 0 Å². The van der Waals surface area contributed by atoms with Crippen LogP contribution in [0.15, 0.2) is 12.5 Å². The average Bonchev–Trinajstić information content (AvgIpc) is 2.69. The maximum atomic E-state index is 5.13. The Hall–Kier alpha value is -0.830. The van der Waals surface area contributed by atoms with Gasteiger partial charge in [0.1, 0.15) is 6.10 Å². The molecule has 1 aliphatic heterocycles. The summed E-state index contributed by atoms with van der Waals surface area (Å²) in [6, 6.07) is 0. The highest BCUT2D eigenvalue weighted by molar-refractivity contribution is 5.07. The molecule has 0 saturated carbocycles. The van der Waals surface area contributed by atoms with Gasteiger partial charge in [0.25, 0.3) is 0 Å². The summed E-state index contributed by atoms with van der Waals surface area (Å²) in [6.45, 7) is 3.95. The Morgan fingerprint density at radius 2 is 2.70 bits per heavy atom. The highest BCUT2D eigenvalue weighted by Crippen LogP contribution is 2.28. The second-order valence-electron chi connectivity index (χ2n) is 2.43. The minimum Gasteiger partial charge on any atom is -0.366 e. The molecule has 0 amide bonds. The van der Waals surface area contributed by atoms with Crippen LogP contribution in [-0.4, -0.2) is 16.2 Å². The number of hydrogen-bond acceptors (Lipinski definition) is 2. The number of hydrogen-bond donors (Lipinski definition) is 0. The summed E-state index contributed by atoms with van der Waals surface area (Å²) < 4.78 is 7.24. The largest absolute Gasteiger partial charge is 0.366 e. The van der Waals surface area contributed by atoms with Crippen LogP contribution in [0, 0.1) is 0 Å². The maximum Gasteiger partial charge on any atom is 0.122 e. The van der Waals surface area contributed by atoms with E-state index in [1.165, 1.54) is 5.69 Å². The smallest absolute Gasteiger partial charge is 0.122 e. The van der Waals surface area contributed by atoms with Crippen LogP contribution in [0.2, 0.25) is 0 Å². The van der Waals surface area contributed by atoms with Gasteiger partial charge in [0.2, 0.25) is 0 Å². The van der Waals surface area contributed by atoms with Crippen LogP contribution < -0.4 is 0 Å². The lowest BCUT2D eigenvalue weighted by atomic mass is 10.3. The van der Waals surface area contributed by atoms with Gasteiger partial charge in [-0.15, -0.1) is 0 Å². The highest BCUT2D eigenvalue weighted by atomic mass is 16.6. The van der Waals surface area contributed by atoms with Gasteiger partial charge in [0, 0.05) is 6.54 Å². The van der Waals surface area contributed by atoms with E-state index in [1.54, 1.807) is 0 Å². The number of epoxide rings is 1. The van der Waals surface area contributed by atoms with Crippen LogP contribution in [0.3, 0.4) is 0 Å². The predicted octanol–water partition coefficient (Wildman–Crippen LogP) is 0.974. The quantitative estimate of drug-likeness (QED) is 0.570. The third-order valence-corrected chi connectivity index (χ3v) is 1.75. The molecule has 1 aromatic rings. The lowest BCUT2D eigenvalue weighted by Gasteiger charge is -1.99. The van der Waals surface area contributed by atoms with Crippen LogP contribution in [0.4, 0.5) is 0 Å². The minimum absolute atomic E-state index is 0.336. The molecule has 1 aromatic heterocycles. The average molecular weight is 138 g/mol. The zero-order valence-corrected chi connectivity index (χ0v) is 5.95. The van der Waals surface area contributed by atoms with E-state index in [2.05, 4.69) is 16.5 Å². The normalized spacial score (nSPS) is 23.1. The Labute approximate surface area is 59.6 Å². The van der Waals surface area contributed by atoms with Gasteiger partial charge in [-0.2, -0.15) is 0 Å². The van der Waals surface area contributed by atoms with Crippen molar-refractivity contribution in [3.63, 3.8) is 0 Å². The van der Waals surface area contributed by atoms with Gasteiger partial charge in [0.15, 0.2) is 0 Å². The number of aryl methyl sites for hydroxylation is 1. The van der Waals surface area contributed by atoms with Gasteiger partial charge < -0.3 is 9.30 Å². The summed E-state index contributed by atoms with van der Waals surface area (Å²) in [7, 11) is 0. The first-order valence-electron chi connectivity index (χ1n) is 3.53. The zero-order chi connectivity index (χ0) is 6.97. The van der Waals surface area contributed by atoms with E-state index in [9.17, 15) is 0 Å². The number of rotatable bonds is 2. The second kappa shape index (κ2) is 2.09. The standard InChI is InChI=1S/C7H10N2O/c1-2-9-5-8-3-6(9)7-4-10-7/h3,5,7H,2,4H2,1H3. The van der Waals surface area contributed by atoms with Crippen LogP contribution in [0.5, 0.6) is 0 Å². The van der Waals surface area contributed by atoms with E-state index in [-0.39, 0.29) is 0 Å². The van der Waals surface area contributed by atoms with E-state index in [1.807, 2.05) is 12.5 Å². The van der Waals surface area contributed by atoms with E-state index < -0.39 is 0 Å². The fourth-order valence-corrected chi connectivity index (χ4v) is 1.08. The monoisotopic (exact) mass is 138 g/mol. The third kappa shape index (κ3) is 0.827. The first-order chi connectivity index (χ1) is 4.92. The fraction of sp³-hybridized carbons (Fsp3) is 0.571. The number of nitrogens with zero attached hydrogens (tertiary/aromatic N) is 2. The molecule has 2 rings (SSSR count). The van der Waals surface area contributed by atoms with Crippen molar-refractivity contribution in [2.24, 2.45) is 0 Å². The first kappa shape index (κ1) is 5.92. The van der Waals surface area contributed by atoms with Gasteiger partial charge in [-0.1, -0.05) is 0 Å². The molecule has 0 bridgehead atoms. The molecule has 3 nitrogen and oxygen atoms in total. The van der Waals surface area contributed by atoms with Crippen molar-refractivity contribution in [2.45, 2.75) is 19.6 Å². The summed E-state index contributed by atoms with van der Waals surface area (Å²) in [6.07, 6.45) is 4.06. The Bertz CT molecular complexity index is 227. The number of aromatic nitrogens is 2. The van der Waals surface area contributed by atoms with Gasteiger partial charge >= 0.3 is 0 Å². The molecule has 1 aliphatic rings. The SMILES string of the molecule is CCn1cncc1C1CO1. The van der Waals surface area contributed by atoms with Gasteiger partial charge in [-0.25, -0.2) is 4.98 Å². The summed E-state index contributed by atoms with van der Waals surface area (Å²) in [5, 5.41) is 0. The molecule has 0 aliphatic carbocycles. The van der Waals surface area contributed by atoms with E-state index >= 15 is 0 Å². The Morgan fingerprint density at radius 1 is 1.90 bits per heavy atom. The Kier molecular flexibility index (Phi) is 1.24.